The number of halogens is 1. The van der Waals surface area contributed by atoms with E-state index in [0.717, 1.165) is 29.5 Å². The van der Waals surface area contributed by atoms with Crippen LogP contribution in [0, 0.1) is 0 Å². The van der Waals surface area contributed by atoms with E-state index in [4.69, 9.17) is 0 Å². The molecule has 1 saturated heterocycles. The molecular formula is C23H23BrN2O. The monoisotopic (exact) mass is 422 g/mol. The normalized spacial score (nSPS) is 20.9. The second kappa shape index (κ2) is 6.52. The molecule has 3 nitrogen and oxygen atoms in total. The van der Waals surface area contributed by atoms with Crippen LogP contribution in [0.25, 0.3) is 5.57 Å². The smallest absolute Gasteiger partial charge is 0.243 e. The highest BCUT2D eigenvalue weighted by atomic mass is 79.9. The fourth-order valence-corrected chi connectivity index (χ4v) is 5.35. The van der Waals surface area contributed by atoms with Gasteiger partial charge in [0.05, 0.1) is 11.2 Å². The molecule has 2 aromatic carbocycles. The van der Waals surface area contributed by atoms with Crippen molar-refractivity contribution in [2.24, 2.45) is 0 Å². The summed E-state index contributed by atoms with van der Waals surface area (Å²) in [7, 11) is 0. The molecule has 0 N–H and O–H groups in total. The van der Waals surface area contributed by atoms with Crippen LogP contribution in [0.1, 0.15) is 49.7 Å². The Morgan fingerprint density at radius 3 is 2.52 bits per heavy atom. The third-order valence-corrected chi connectivity index (χ3v) is 6.67. The van der Waals surface area contributed by atoms with Crippen molar-refractivity contribution in [3.63, 3.8) is 0 Å². The van der Waals surface area contributed by atoms with Gasteiger partial charge in [-0.1, -0.05) is 65.5 Å². The zero-order valence-corrected chi connectivity index (χ0v) is 16.9. The molecule has 1 spiro atoms. The number of hydrogen-bond donors (Lipinski definition) is 0. The van der Waals surface area contributed by atoms with Crippen LogP contribution in [-0.4, -0.2) is 23.0 Å². The van der Waals surface area contributed by atoms with Gasteiger partial charge < -0.3 is 0 Å². The molecular weight excluding hydrogens is 400 g/mol. The lowest BCUT2D eigenvalue weighted by molar-refractivity contribution is -0.133. The number of rotatable bonds is 1. The Kier molecular flexibility index (Phi) is 4.12. The van der Waals surface area contributed by atoms with E-state index in [1.807, 2.05) is 0 Å². The minimum absolute atomic E-state index is 0.206. The van der Waals surface area contributed by atoms with Crippen LogP contribution in [0.3, 0.4) is 0 Å². The Hall–Kier alpha value is -2.07. The van der Waals surface area contributed by atoms with Crippen molar-refractivity contribution in [2.45, 2.75) is 44.1 Å². The Morgan fingerprint density at radius 2 is 1.74 bits per heavy atom. The minimum atomic E-state index is -0.206. The van der Waals surface area contributed by atoms with Crippen LogP contribution in [0.5, 0.6) is 0 Å². The average Bonchev–Trinajstić information content (AvgIpc) is 3.05. The van der Waals surface area contributed by atoms with Crippen molar-refractivity contribution in [2.75, 3.05) is 11.6 Å². The summed E-state index contributed by atoms with van der Waals surface area (Å²) in [5, 5.41) is 4.36. The molecule has 0 aromatic heterocycles. The summed E-state index contributed by atoms with van der Waals surface area (Å²) in [6.07, 6.45) is 8.71. The van der Waals surface area contributed by atoms with E-state index >= 15 is 0 Å². The number of benzene rings is 2. The highest BCUT2D eigenvalue weighted by Gasteiger charge is 2.47. The third-order valence-electron chi connectivity index (χ3n) is 6.18. The summed E-state index contributed by atoms with van der Waals surface area (Å²) in [5.41, 5.74) is 4.61. The van der Waals surface area contributed by atoms with Gasteiger partial charge in [0, 0.05) is 23.0 Å². The van der Waals surface area contributed by atoms with E-state index in [1.54, 1.807) is 0 Å². The van der Waals surface area contributed by atoms with E-state index < -0.39 is 0 Å². The lowest BCUT2D eigenvalue weighted by atomic mass is 9.78. The zero-order valence-electron chi connectivity index (χ0n) is 15.3. The molecule has 1 saturated carbocycles. The first kappa shape index (κ1) is 17.1. The fourth-order valence-electron chi connectivity index (χ4n) is 4.99. The zero-order chi connectivity index (χ0) is 18.4. The fraction of sp³-hybridized carbons (Fsp3) is 0.348. The maximum atomic E-state index is 13.0. The highest BCUT2D eigenvalue weighted by Crippen LogP contribution is 2.47. The number of nitrogens with zero attached hydrogens (tertiary/aromatic N) is 2. The largest absolute Gasteiger partial charge is 0.281 e. The first-order valence-corrected chi connectivity index (χ1v) is 10.7. The number of anilines is 1. The summed E-state index contributed by atoms with van der Waals surface area (Å²) in [4.78, 5) is 13.0. The maximum absolute atomic E-state index is 13.0. The van der Waals surface area contributed by atoms with Crippen molar-refractivity contribution in [1.29, 1.82) is 0 Å². The van der Waals surface area contributed by atoms with Crippen molar-refractivity contribution >= 4 is 33.1 Å². The molecule has 2 aliphatic heterocycles. The van der Waals surface area contributed by atoms with E-state index in [9.17, 15) is 4.79 Å². The molecule has 2 fully saturated rings. The van der Waals surface area contributed by atoms with Crippen molar-refractivity contribution < 1.29 is 4.79 Å². The van der Waals surface area contributed by atoms with Gasteiger partial charge in [0.2, 0.25) is 5.91 Å². The first-order chi connectivity index (χ1) is 13.2. The molecule has 138 valence electrons. The Morgan fingerprint density at radius 1 is 0.963 bits per heavy atom. The van der Waals surface area contributed by atoms with Crippen molar-refractivity contribution in [1.82, 2.24) is 5.01 Å². The van der Waals surface area contributed by atoms with Crippen molar-refractivity contribution in [3.8, 4) is 0 Å². The van der Waals surface area contributed by atoms with Gasteiger partial charge in [-0.2, -0.15) is 0 Å². The molecule has 0 radical (unpaired) electrons. The lowest BCUT2D eigenvalue weighted by Gasteiger charge is -2.46. The van der Waals surface area contributed by atoms with E-state index in [2.05, 4.69) is 80.6 Å². The van der Waals surface area contributed by atoms with Gasteiger partial charge in [0.15, 0.2) is 0 Å². The molecule has 0 unspecified atom stereocenters. The van der Waals surface area contributed by atoms with Gasteiger partial charge >= 0.3 is 0 Å². The third kappa shape index (κ3) is 2.73. The van der Waals surface area contributed by atoms with Crippen molar-refractivity contribution in [3.05, 3.63) is 70.2 Å². The average molecular weight is 423 g/mol. The van der Waals surface area contributed by atoms with Gasteiger partial charge in [-0.05, 0) is 48.3 Å². The topological polar surface area (TPSA) is 23.6 Å². The van der Waals surface area contributed by atoms with Gasteiger partial charge in [-0.15, -0.1) is 0 Å². The van der Waals surface area contributed by atoms with E-state index in [1.165, 1.54) is 36.0 Å². The lowest BCUT2D eigenvalue weighted by Crippen LogP contribution is -2.55. The molecule has 27 heavy (non-hydrogen) atoms. The molecule has 5 rings (SSSR count). The molecule has 2 aromatic rings. The number of carbonyl (C=O) groups is 1. The highest BCUT2D eigenvalue weighted by molar-refractivity contribution is 9.10. The minimum Gasteiger partial charge on any atom is -0.281 e. The van der Waals surface area contributed by atoms with Gasteiger partial charge in [0.1, 0.15) is 0 Å². The van der Waals surface area contributed by atoms with Crippen LogP contribution in [-0.2, 0) is 4.79 Å². The van der Waals surface area contributed by atoms with Crippen LogP contribution in [0.4, 0.5) is 5.69 Å². The summed E-state index contributed by atoms with van der Waals surface area (Å²) >= 11 is 3.66. The number of hydrogen-bond acceptors (Lipinski definition) is 2. The van der Waals surface area contributed by atoms with Gasteiger partial charge in [0.25, 0.3) is 0 Å². The SMILES string of the molecule is O=C1CCN2c3ccc(Br)cc3C(c3ccccc3)=CC3(CCCCC3)N12. The molecule has 0 atom stereocenters. The van der Waals surface area contributed by atoms with Crippen LogP contribution < -0.4 is 5.01 Å². The first-order valence-electron chi connectivity index (χ1n) is 9.87. The Balaban J connectivity index is 1.79. The number of carbonyl (C=O) groups excluding carboxylic acids is 1. The summed E-state index contributed by atoms with van der Waals surface area (Å²) < 4.78 is 1.07. The second-order valence-electron chi connectivity index (χ2n) is 7.83. The number of fused-ring (bicyclic) bond motifs is 4. The molecule has 1 aliphatic carbocycles. The van der Waals surface area contributed by atoms with Gasteiger partial charge in [-0.25, -0.2) is 5.01 Å². The Labute approximate surface area is 168 Å². The molecule has 4 heteroatoms. The van der Waals surface area contributed by atoms with Gasteiger partial charge in [-0.3, -0.25) is 9.80 Å². The van der Waals surface area contributed by atoms with Crippen LogP contribution in [0.2, 0.25) is 0 Å². The van der Waals surface area contributed by atoms with E-state index in [-0.39, 0.29) is 11.4 Å². The Bertz CT molecular complexity index is 915. The predicted molar refractivity (Wildman–Crippen MR) is 112 cm³/mol. The molecule has 3 aliphatic rings. The predicted octanol–water partition coefficient (Wildman–Crippen LogP) is 5.55. The molecule has 2 heterocycles. The van der Waals surface area contributed by atoms with E-state index in [0.29, 0.717) is 6.42 Å². The second-order valence-corrected chi connectivity index (χ2v) is 8.74. The molecule has 1 amide bonds. The summed E-state index contributed by atoms with van der Waals surface area (Å²) in [6.45, 7) is 0.769. The summed E-state index contributed by atoms with van der Waals surface area (Å²) in [5.74, 6) is 0.260. The number of hydrazine groups is 1. The quantitative estimate of drug-likeness (QED) is 0.601. The number of amides is 1. The maximum Gasteiger partial charge on any atom is 0.243 e. The van der Waals surface area contributed by atoms with Crippen LogP contribution >= 0.6 is 15.9 Å². The molecule has 0 bridgehead atoms. The van der Waals surface area contributed by atoms with Crippen LogP contribution in [0.15, 0.2) is 59.1 Å². The summed E-state index contributed by atoms with van der Waals surface area (Å²) in [6, 6.07) is 17.1. The standard InChI is InChI=1S/C23H23BrN2O/c24-18-9-10-21-19(15-18)20(17-7-3-1-4-8-17)16-23(12-5-2-6-13-23)26-22(27)11-14-25(21)26/h1,3-4,7-10,15-16H,2,5-6,11-14H2.